The number of sulfonamides is 1. The van der Waals surface area contributed by atoms with Gasteiger partial charge in [0.25, 0.3) is 0 Å². The Kier molecular flexibility index (Phi) is 5.58. The lowest BCUT2D eigenvalue weighted by atomic mass is 10.0. The summed E-state index contributed by atoms with van der Waals surface area (Å²) in [6.07, 6.45) is 0. The fourth-order valence-electron chi connectivity index (χ4n) is 1.06. The standard InChI is InChI=1S/C10H22ClNO2S/c1-8(2)9(11)6-12-15(13,14)7-10(3,4)5/h8-9,12H,6-7H2,1-5H3. The van der Waals surface area contributed by atoms with Crippen molar-refractivity contribution in [3.63, 3.8) is 0 Å². The average Bonchev–Trinajstić information content (AvgIpc) is 1.95. The van der Waals surface area contributed by atoms with Crippen LogP contribution >= 0.6 is 11.6 Å². The van der Waals surface area contributed by atoms with Crippen molar-refractivity contribution in [2.45, 2.75) is 40.0 Å². The summed E-state index contributed by atoms with van der Waals surface area (Å²) in [7, 11) is -3.20. The summed E-state index contributed by atoms with van der Waals surface area (Å²) in [5.74, 6) is 0.394. The number of rotatable bonds is 5. The van der Waals surface area contributed by atoms with Crippen LogP contribution < -0.4 is 4.72 Å². The van der Waals surface area contributed by atoms with Gasteiger partial charge in [0, 0.05) is 11.9 Å². The van der Waals surface area contributed by atoms with Gasteiger partial charge in [-0.05, 0) is 11.3 Å². The van der Waals surface area contributed by atoms with Gasteiger partial charge in [0.15, 0.2) is 0 Å². The van der Waals surface area contributed by atoms with E-state index >= 15 is 0 Å². The van der Waals surface area contributed by atoms with Gasteiger partial charge in [-0.3, -0.25) is 0 Å². The van der Waals surface area contributed by atoms with Crippen LogP contribution in [0.5, 0.6) is 0 Å². The van der Waals surface area contributed by atoms with Crippen LogP contribution in [0.25, 0.3) is 0 Å². The van der Waals surface area contributed by atoms with Crippen LogP contribution in [0.3, 0.4) is 0 Å². The maximum atomic E-state index is 11.6. The summed E-state index contributed by atoms with van der Waals surface area (Å²) < 4.78 is 25.7. The Labute approximate surface area is 98.6 Å². The molecule has 0 saturated heterocycles. The summed E-state index contributed by atoms with van der Waals surface area (Å²) in [5, 5.41) is -0.153. The zero-order chi connectivity index (χ0) is 12.3. The Bertz CT molecular complexity index is 280. The SMILES string of the molecule is CC(C)C(Cl)CNS(=O)(=O)CC(C)(C)C. The van der Waals surface area contributed by atoms with Crippen molar-refractivity contribution in [2.75, 3.05) is 12.3 Å². The molecule has 0 aromatic carbocycles. The fourth-order valence-corrected chi connectivity index (χ4v) is 2.91. The van der Waals surface area contributed by atoms with Gasteiger partial charge in [0.05, 0.1) is 5.75 Å². The first kappa shape index (κ1) is 15.2. The molecule has 0 bridgehead atoms. The lowest BCUT2D eigenvalue weighted by molar-refractivity contribution is 0.456. The molecule has 1 atom stereocenters. The highest BCUT2D eigenvalue weighted by Crippen LogP contribution is 2.16. The van der Waals surface area contributed by atoms with Crippen molar-refractivity contribution < 1.29 is 8.42 Å². The monoisotopic (exact) mass is 255 g/mol. The quantitative estimate of drug-likeness (QED) is 0.766. The topological polar surface area (TPSA) is 46.2 Å². The van der Waals surface area contributed by atoms with E-state index in [4.69, 9.17) is 11.6 Å². The van der Waals surface area contributed by atoms with Crippen LogP contribution in [0.1, 0.15) is 34.6 Å². The number of alkyl halides is 1. The van der Waals surface area contributed by atoms with E-state index in [0.717, 1.165) is 0 Å². The number of nitrogens with one attached hydrogen (secondary N) is 1. The molecular formula is C10H22ClNO2S. The zero-order valence-corrected chi connectivity index (χ0v) is 11.7. The highest BCUT2D eigenvalue weighted by atomic mass is 35.5. The third-order valence-corrected chi connectivity index (χ3v) is 4.36. The molecular weight excluding hydrogens is 234 g/mol. The molecule has 0 fully saturated rings. The minimum absolute atomic E-state index is 0.127. The maximum Gasteiger partial charge on any atom is 0.212 e. The van der Waals surface area contributed by atoms with Crippen molar-refractivity contribution in [1.82, 2.24) is 4.72 Å². The molecule has 0 aliphatic rings. The number of hydrogen-bond donors (Lipinski definition) is 1. The number of hydrogen-bond acceptors (Lipinski definition) is 2. The van der Waals surface area contributed by atoms with E-state index < -0.39 is 10.0 Å². The average molecular weight is 256 g/mol. The lowest BCUT2D eigenvalue weighted by Gasteiger charge is -2.20. The predicted molar refractivity (Wildman–Crippen MR) is 65.7 cm³/mol. The normalized spacial score (nSPS) is 15.7. The fraction of sp³-hybridized carbons (Fsp3) is 1.00. The minimum Gasteiger partial charge on any atom is -0.214 e. The van der Waals surface area contributed by atoms with Crippen molar-refractivity contribution in [2.24, 2.45) is 11.3 Å². The van der Waals surface area contributed by atoms with Gasteiger partial charge in [-0.15, -0.1) is 11.6 Å². The van der Waals surface area contributed by atoms with Gasteiger partial charge >= 0.3 is 0 Å². The molecule has 0 heterocycles. The van der Waals surface area contributed by atoms with E-state index in [9.17, 15) is 8.42 Å². The summed E-state index contributed by atoms with van der Waals surface area (Å²) in [6.45, 7) is 9.93. The molecule has 3 nitrogen and oxygen atoms in total. The first-order chi connectivity index (χ1) is 6.53. The molecule has 0 aliphatic carbocycles. The van der Waals surface area contributed by atoms with Crippen molar-refractivity contribution in [1.29, 1.82) is 0 Å². The van der Waals surface area contributed by atoms with E-state index in [0.29, 0.717) is 6.54 Å². The largest absolute Gasteiger partial charge is 0.214 e. The Hall–Kier alpha value is 0.200. The van der Waals surface area contributed by atoms with Crippen LogP contribution in [0, 0.1) is 11.3 Å². The third-order valence-electron chi connectivity index (χ3n) is 1.84. The lowest BCUT2D eigenvalue weighted by Crippen LogP contribution is -2.36. The van der Waals surface area contributed by atoms with Gasteiger partial charge in [0.2, 0.25) is 10.0 Å². The van der Waals surface area contributed by atoms with E-state index in [2.05, 4.69) is 4.72 Å². The highest BCUT2D eigenvalue weighted by molar-refractivity contribution is 7.89. The van der Waals surface area contributed by atoms with Crippen LogP contribution in [-0.2, 0) is 10.0 Å². The summed E-state index contributed by atoms with van der Waals surface area (Å²) in [6, 6.07) is 0. The summed E-state index contributed by atoms with van der Waals surface area (Å²) in [5.41, 5.74) is -0.231. The van der Waals surface area contributed by atoms with E-state index in [-0.39, 0.29) is 22.5 Å². The Morgan fingerprint density at radius 1 is 1.27 bits per heavy atom. The summed E-state index contributed by atoms with van der Waals surface area (Å²) in [4.78, 5) is 0. The first-order valence-corrected chi connectivity index (χ1v) is 7.24. The molecule has 0 aromatic heterocycles. The molecule has 0 spiro atoms. The molecule has 1 N–H and O–H groups in total. The van der Waals surface area contributed by atoms with Gasteiger partial charge in [-0.25, -0.2) is 13.1 Å². The molecule has 0 saturated carbocycles. The summed E-state index contributed by atoms with van der Waals surface area (Å²) >= 11 is 5.97. The van der Waals surface area contributed by atoms with Crippen molar-refractivity contribution in [3.05, 3.63) is 0 Å². The Morgan fingerprint density at radius 2 is 1.73 bits per heavy atom. The molecule has 0 amide bonds. The van der Waals surface area contributed by atoms with Crippen LogP contribution in [0.2, 0.25) is 0 Å². The van der Waals surface area contributed by atoms with E-state index in [1.54, 1.807) is 0 Å². The second-order valence-electron chi connectivity index (χ2n) is 5.43. The molecule has 0 aliphatic heterocycles. The third kappa shape index (κ3) is 8.05. The van der Waals surface area contributed by atoms with Gasteiger partial charge in [-0.2, -0.15) is 0 Å². The Morgan fingerprint density at radius 3 is 2.07 bits per heavy atom. The van der Waals surface area contributed by atoms with Gasteiger partial charge in [0.1, 0.15) is 0 Å². The van der Waals surface area contributed by atoms with Crippen molar-refractivity contribution in [3.8, 4) is 0 Å². The van der Waals surface area contributed by atoms with E-state index in [1.165, 1.54) is 0 Å². The second-order valence-corrected chi connectivity index (χ2v) is 7.80. The van der Waals surface area contributed by atoms with Crippen LogP contribution in [-0.4, -0.2) is 26.1 Å². The maximum absolute atomic E-state index is 11.6. The predicted octanol–water partition coefficient (Wildman–Crippen LogP) is 2.22. The molecule has 92 valence electrons. The second kappa shape index (κ2) is 5.51. The molecule has 0 rings (SSSR count). The smallest absolute Gasteiger partial charge is 0.212 e. The first-order valence-electron chi connectivity index (χ1n) is 5.15. The van der Waals surface area contributed by atoms with Crippen LogP contribution in [0.4, 0.5) is 0 Å². The van der Waals surface area contributed by atoms with Crippen molar-refractivity contribution >= 4 is 21.6 Å². The number of halogens is 1. The van der Waals surface area contributed by atoms with Gasteiger partial charge < -0.3 is 0 Å². The molecule has 15 heavy (non-hydrogen) atoms. The van der Waals surface area contributed by atoms with E-state index in [1.807, 2.05) is 34.6 Å². The zero-order valence-electron chi connectivity index (χ0n) is 10.2. The molecule has 5 heteroatoms. The highest BCUT2D eigenvalue weighted by Gasteiger charge is 2.22. The van der Waals surface area contributed by atoms with Gasteiger partial charge in [-0.1, -0.05) is 34.6 Å². The molecule has 0 aromatic rings. The Balaban J connectivity index is 4.18. The molecule has 1 unspecified atom stereocenters. The molecule has 0 radical (unpaired) electrons. The van der Waals surface area contributed by atoms with Crippen LogP contribution in [0.15, 0.2) is 0 Å². The minimum atomic E-state index is -3.20.